The average molecular weight is 404 g/mol. The third kappa shape index (κ3) is 4.82. The number of benzene rings is 3. The van der Waals surface area contributed by atoms with Crippen LogP contribution in [0.2, 0.25) is 0 Å². The second-order valence-electron chi connectivity index (χ2n) is 8.04. The molecule has 2 N–H and O–H groups in total. The fourth-order valence-corrected chi connectivity index (χ4v) is 4.54. The number of rotatable bonds is 8. The van der Waals surface area contributed by atoms with E-state index < -0.39 is 0 Å². The van der Waals surface area contributed by atoms with Crippen molar-refractivity contribution in [3.63, 3.8) is 0 Å². The van der Waals surface area contributed by atoms with Gasteiger partial charge in [-0.1, -0.05) is 54.6 Å². The van der Waals surface area contributed by atoms with Crippen molar-refractivity contribution < 1.29 is 14.4 Å². The van der Waals surface area contributed by atoms with E-state index in [-0.39, 0.29) is 11.9 Å². The largest absolute Gasteiger partial charge is 0.494 e. The van der Waals surface area contributed by atoms with Crippen molar-refractivity contribution in [2.75, 3.05) is 26.2 Å². The maximum atomic E-state index is 12.7. The first-order valence-electron chi connectivity index (χ1n) is 11.1. The van der Waals surface area contributed by atoms with Crippen molar-refractivity contribution in [1.82, 2.24) is 5.32 Å². The van der Waals surface area contributed by atoms with Gasteiger partial charge in [-0.2, -0.15) is 0 Å². The summed E-state index contributed by atoms with van der Waals surface area (Å²) in [6.45, 7) is 5.62. The molecule has 0 unspecified atom stereocenters. The van der Waals surface area contributed by atoms with Gasteiger partial charge in [-0.15, -0.1) is 0 Å². The minimum Gasteiger partial charge on any atom is -0.494 e. The molecule has 30 heavy (non-hydrogen) atoms. The molecule has 1 atom stereocenters. The van der Waals surface area contributed by atoms with E-state index >= 15 is 0 Å². The van der Waals surface area contributed by atoms with Crippen LogP contribution in [-0.4, -0.2) is 32.1 Å². The van der Waals surface area contributed by atoms with Crippen LogP contribution >= 0.6 is 0 Å². The van der Waals surface area contributed by atoms with Crippen LogP contribution in [0.3, 0.4) is 0 Å². The van der Waals surface area contributed by atoms with E-state index in [2.05, 4.69) is 47.8 Å². The molecule has 4 heteroatoms. The molecule has 3 aromatic rings. The lowest BCUT2D eigenvalue weighted by atomic mass is 9.97. The summed E-state index contributed by atoms with van der Waals surface area (Å²) in [6, 6.07) is 23.2. The number of carbonyl (C=O) groups is 1. The van der Waals surface area contributed by atoms with Gasteiger partial charge in [0.25, 0.3) is 0 Å². The highest BCUT2D eigenvalue weighted by Gasteiger charge is 2.29. The van der Waals surface area contributed by atoms with Gasteiger partial charge in [-0.3, -0.25) is 4.79 Å². The first-order chi connectivity index (χ1) is 14.7. The van der Waals surface area contributed by atoms with Crippen molar-refractivity contribution in [3.05, 3.63) is 77.9 Å². The second kappa shape index (κ2) is 9.77. The molecule has 0 aromatic heterocycles. The summed E-state index contributed by atoms with van der Waals surface area (Å²) < 4.78 is 5.48. The molecule has 1 saturated heterocycles. The summed E-state index contributed by atoms with van der Waals surface area (Å²) in [5, 5.41) is 5.78. The predicted molar refractivity (Wildman–Crippen MR) is 121 cm³/mol. The standard InChI is InChI=1S/C26H30N2O2/c1-2-30-22-14-12-20(13-15-22)18-26(29)27-19-25(28-16-5-6-17-28)24-11-7-9-21-8-3-4-10-23(21)24/h3-4,7-15,25H,2,5-6,16-19H2,1H3,(H,27,29)/p+1/t25-/m1/s1. The van der Waals surface area contributed by atoms with Gasteiger partial charge in [-0.25, -0.2) is 0 Å². The van der Waals surface area contributed by atoms with Crippen molar-refractivity contribution in [2.45, 2.75) is 32.2 Å². The Bertz CT molecular complexity index is 972. The second-order valence-corrected chi connectivity index (χ2v) is 8.04. The molecule has 0 aliphatic carbocycles. The van der Waals surface area contributed by atoms with Crippen LogP contribution in [0.4, 0.5) is 0 Å². The fraction of sp³-hybridized carbons (Fsp3) is 0.346. The van der Waals surface area contributed by atoms with Crippen LogP contribution in [0.1, 0.15) is 36.9 Å². The van der Waals surface area contributed by atoms with Crippen molar-refractivity contribution in [2.24, 2.45) is 0 Å². The number of ether oxygens (including phenoxy) is 1. The summed E-state index contributed by atoms with van der Waals surface area (Å²) in [5.41, 5.74) is 2.34. The topological polar surface area (TPSA) is 42.8 Å². The average Bonchev–Trinajstić information content (AvgIpc) is 3.30. The monoisotopic (exact) mass is 403 g/mol. The molecular weight excluding hydrogens is 372 g/mol. The number of amides is 1. The number of nitrogens with one attached hydrogen (secondary N) is 2. The van der Waals surface area contributed by atoms with Crippen molar-refractivity contribution in [3.8, 4) is 5.75 Å². The third-order valence-corrected chi connectivity index (χ3v) is 6.04. The Hall–Kier alpha value is -2.85. The van der Waals surface area contributed by atoms with Gasteiger partial charge >= 0.3 is 0 Å². The predicted octanol–water partition coefficient (Wildman–Crippen LogP) is 3.32. The Labute approximate surface area is 178 Å². The van der Waals surface area contributed by atoms with Crippen LogP contribution in [0.5, 0.6) is 5.75 Å². The first kappa shape index (κ1) is 20.4. The molecule has 0 radical (unpaired) electrons. The quantitative estimate of drug-likeness (QED) is 0.606. The number of fused-ring (bicyclic) bond motifs is 1. The Morgan fingerprint density at radius 3 is 2.50 bits per heavy atom. The number of carbonyl (C=O) groups excluding carboxylic acids is 1. The Morgan fingerprint density at radius 1 is 1.00 bits per heavy atom. The van der Waals surface area contributed by atoms with Gasteiger partial charge < -0.3 is 15.0 Å². The third-order valence-electron chi connectivity index (χ3n) is 6.04. The lowest BCUT2D eigenvalue weighted by molar-refractivity contribution is -0.918. The molecule has 156 valence electrons. The summed E-state index contributed by atoms with van der Waals surface area (Å²) in [6.07, 6.45) is 2.91. The first-order valence-corrected chi connectivity index (χ1v) is 11.1. The number of hydrogen-bond donors (Lipinski definition) is 2. The summed E-state index contributed by atoms with van der Waals surface area (Å²) in [5.74, 6) is 0.915. The number of likely N-dealkylation sites (tertiary alicyclic amines) is 1. The summed E-state index contributed by atoms with van der Waals surface area (Å²) in [4.78, 5) is 14.3. The van der Waals surface area contributed by atoms with Crippen LogP contribution in [-0.2, 0) is 11.2 Å². The Balaban J connectivity index is 1.46. The normalized spacial score (nSPS) is 15.2. The summed E-state index contributed by atoms with van der Waals surface area (Å²) in [7, 11) is 0. The van der Waals surface area contributed by atoms with E-state index in [4.69, 9.17) is 4.74 Å². The molecule has 0 spiro atoms. The molecule has 1 aliphatic heterocycles. The van der Waals surface area contributed by atoms with Gasteiger partial charge in [0.1, 0.15) is 11.8 Å². The minimum atomic E-state index is 0.0722. The Kier molecular flexibility index (Phi) is 6.65. The van der Waals surface area contributed by atoms with Crippen molar-refractivity contribution >= 4 is 16.7 Å². The van der Waals surface area contributed by atoms with Crippen molar-refractivity contribution in [1.29, 1.82) is 0 Å². The summed E-state index contributed by atoms with van der Waals surface area (Å²) >= 11 is 0. The molecule has 4 rings (SSSR count). The maximum Gasteiger partial charge on any atom is 0.224 e. The van der Waals surface area contributed by atoms with E-state index in [1.165, 1.54) is 42.3 Å². The highest BCUT2D eigenvalue weighted by atomic mass is 16.5. The minimum absolute atomic E-state index is 0.0722. The van der Waals surface area contributed by atoms with Crippen LogP contribution in [0.25, 0.3) is 10.8 Å². The Morgan fingerprint density at radius 2 is 1.73 bits per heavy atom. The van der Waals surface area contributed by atoms with Gasteiger partial charge in [0.05, 0.1) is 32.7 Å². The van der Waals surface area contributed by atoms with E-state index in [1.807, 2.05) is 31.2 Å². The lowest BCUT2D eigenvalue weighted by Crippen LogP contribution is -3.11. The van der Waals surface area contributed by atoms with E-state index in [0.29, 0.717) is 19.6 Å². The zero-order valence-corrected chi connectivity index (χ0v) is 17.7. The maximum absolute atomic E-state index is 12.7. The SMILES string of the molecule is CCOc1ccc(CC(=O)NC[C@H](c2cccc3ccccc23)[NH+]2CCCC2)cc1. The highest BCUT2D eigenvalue weighted by Crippen LogP contribution is 2.23. The molecule has 1 aliphatic rings. The molecule has 1 fully saturated rings. The van der Waals surface area contributed by atoms with Gasteiger partial charge in [0.2, 0.25) is 5.91 Å². The molecule has 1 amide bonds. The molecular formula is C26H31N2O2+. The molecule has 0 bridgehead atoms. The van der Waals surface area contributed by atoms with E-state index in [1.54, 1.807) is 4.90 Å². The highest BCUT2D eigenvalue weighted by molar-refractivity contribution is 5.86. The fourth-order valence-electron chi connectivity index (χ4n) is 4.54. The van der Waals surface area contributed by atoms with Crippen LogP contribution in [0, 0.1) is 0 Å². The molecule has 0 saturated carbocycles. The zero-order chi connectivity index (χ0) is 20.8. The van der Waals surface area contributed by atoms with Crippen LogP contribution < -0.4 is 15.0 Å². The number of quaternary nitrogens is 1. The van der Waals surface area contributed by atoms with Gasteiger partial charge in [0.15, 0.2) is 0 Å². The van der Waals surface area contributed by atoms with E-state index in [0.717, 1.165) is 11.3 Å². The lowest BCUT2D eigenvalue weighted by Gasteiger charge is -2.26. The molecule has 1 heterocycles. The zero-order valence-electron chi connectivity index (χ0n) is 17.7. The van der Waals surface area contributed by atoms with Gasteiger partial charge in [0, 0.05) is 18.4 Å². The van der Waals surface area contributed by atoms with Gasteiger partial charge in [-0.05, 0) is 35.4 Å². The molecule has 3 aromatic carbocycles. The number of hydrogen-bond acceptors (Lipinski definition) is 2. The van der Waals surface area contributed by atoms with Crippen LogP contribution in [0.15, 0.2) is 66.7 Å². The molecule has 4 nitrogen and oxygen atoms in total. The smallest absolute Gasteiger partial charge is 0.224 e. The van der Waals surface area contributed by atoms with E-state index in [9.17, 15) is 4.79 Å².